The highest BCUT2D eigenvalue weighted by atomic mass is 32.1. The molecule has 1 saturated heterocycles. The Morgan fingerprint density at radius 1 is 1.24 bits per heavy atom. The maximum atomic E-state index is 13.5. The molecule has 168 valence electrons. The quantitative estimate of drug-likeness (QED) is 0.405. The predicted molar refractivity (Wildman–Crippen MR) is 124 cm³/mol. The molecule has 1 aliphatic heterocycles. The largest absolute Gasteiger partial charge is 0.445 e. The molecule has 0 radical (unpaired) electrons. The molecule has 1 fully saturated rings. The van der Waals surface area contributed by atoms with Gasteiger partial charge in [0.05, 0.1) is 23.5 Å². The molecule has 33 heavy (non-hydrogen) atoms. The first-order valence-electron chi connectivity index (χ1n) is 10.9. The summed E-state index contributed by atoms with van der Waals surface area (Å²) in [6.45, 7) is 3.11. The van der Waals surface area contributed by atoms with Gasteiger partial charge >= 0.3 is 0 Å². The number of aromatic nitrogens is 3. The van der Waals surface area contributed by atoms with Gasteiger partial charge in [0.2, 0.25) is 0 Å². The Bertz CT molecular complexity index is 1270. The van der Waals surface area contributed by atoms with E-state index in [4.69, 9.17) is 4.42 Å². The molecule has 0 unspecified atom stereocenters. The number of halogens is 1. The Labute approximate surface area is 195 Å². The van der Waals surface area contributed by atoms with Crippen molar-refractivity contribution in [2.24, 2.45) is 0 Å². The SMILES string of the molecule is Cc1nc(-c2ccccn2)sc1C(=O)N1CCC[C@@H](c2ncc(Cc3cccc(F)c3)o2)C1. The smallest absolute Gasteiger partial charge is 0.265 e. The third kappa shape index (κ3) is 4.71. The van der Waals surface area contributed by atoms with Gasteiger partial charge in [0.15, 0.2) is 5.89 Å². The lowest BCUT2D eigenvalue weighted by atomic mass is 9.98. The van der Waals surface area contributed by atoms with Gasteiger partial charge in [0.25, 0.3) is 5.91 Å². The van der Waals surface area contributed by atoms with Gasteiger partial charge in [-0.25, -0.2) is 14.4 Å². The van der Waals surface area contributed by atoms with Crippen LogP contribution < -0.4 is 0 Å². The molecule has 0 bridgehead atoms. The van der Waals surface area contributed by atoms with E-state index in [1.54, 1.807) is 18.5 Å². The number of thiazole rings is 1. The highest BCUT2D eigenvalue weighted by Crippen LogP contribution is 2.31. The van der Waals surface area contributed by atoms with E-state index in [0.29, 0.717) is 36.0 Å². The number of oxazole rings is 1. The van der Waals surface area contributed by atoms with Crippen LogP contribution in [0.25, 0.3) is 10.7 Å². The molecular formula is C25H23FN4O2S. The van der Waals surface area contributed by atoms with Crippen molar-refractivity contribution in [3.05, 3.63) is 88.5 Å². The van der Waals surface area contributed by atoms with Crippen LogP contribution in [0.2, 0.25) is 0 Å². The monoisotopic (exact) mass is 462 g/mol. The second-order valence-electron chi connectivity index (χ2n) is 8.21. The van der Waals surface area contributed by atoms with Crippen molar-refractivity contribution in [1.29, 1.82) is 0 Å². The van der Waals surface area contributed by atoms with Crippen molar-refractivity contribution in [2.45, 2.75) is 32.1 Å². The number of benzene rings is 1. The van der Waals surface area contributed by atoms with Crippen molar-refractivity contribution in [2.75, 3.05) is 13.1 Å². The Morgan fingerprint density at radius 2 is 2.15 bits per heavy atom. The van der Waals surface area contributed by atoms with E-state index in [2.05, 4.69) is 15.0 Å². The Balaban J connectivity index is 1.29. The van der Waals surface area contributed by atoms with Gasteiger partial charge in [0, 0.05) is 25.7 Å². The molecule has 3 aromatic heterocycles. The van der Waals surface area contributed by atoms with E-state index in [1.807, 2.05) is 36.1 Å². The summed E-state index contributed by atoms with van der Waals surface area (Å²) in [4.78, 5) is 29.2. The number of piperidine rings is 1. The van der Waals surface area contributed by atoms with Crippen LogP contribution in [0, 0.1) is 12.7 Å². The minimum absolute atomic E-state index is 0.0107. The number of nitrogens with zero attached hydrogens (tertiary/aromatic N) is 4. The van der Waals surface area contributed by atoms with E-state index in [0.717, 1.165) is 34.8 Å². The standard InChI is InChI=1S/C25H23FN4O2S/c1-16-22(33-24(29-16)21-9-2-3-10-27-21)25(31)30-11-5-7-18(15-30)23-28-14-20(32-23)13-17-6-4-8-19(26)12-17/h2-4,6,8-10,12,14,18H,5,7,11,13,15H2,1H3/t18-/m1/s1. The summed E-state index contributed by atoms with van der Waals surface area (Å²) in [7, 11) is 0. The molecule has 0 saturated carbocycles. The molecule has 6 nitrogen and oxygen atoms in total. The van der Waals surface area contributed by atoms with Gasteiger partial charge in [-0.15, -0.1) is 11.3 Å². The number of hydrogen-bond donors (Lipinski definition) is 0. The highest BCUT2D eigenvalue weighted by molar-refractivity contribution is 7.17. The first-order valence-corrected chi connectivity index (χ1v) is 11.8. The van der Waals surface area contributed by atoms with Gasteiger partial charge in [-0.05, 0) is 49.6 Å². The van der Waals surface area contributed by atoms with Crippen LogP contribution >= 0.6 is 11.3 Å². The van der Waals surface area contributed by atoms with Crippen LogP contribution in [-0.2, 0) is 6.42 Å². The molecule has 1 atom stereocenters. The predicted octanol–water partition coefficient (Wildman–Crippen LogP) is 5.25. The second-order valence-corrected chi connectivity index (χ2v) is 9.21. The van der Waals surface area contributed by atoms with Crippen molar-refractivity contribution < 1.29 is 13.6 Å². The van der Waals surface area contributed by atoms with Gasteiger partial charge in [0.1, 0.15) is 21.5 Å². The Hall–Kier alpha value is -3.39. The van der Waals surface area contributed by atoms with Crippen LogP contribution in [0.4, 0.5) is 4.39 Å². The van der Waals surface area contributed by atoms with Crippen LogP contribution in [0.15, 0.2) is 59.3 Å². The summed E-state index contributed by atoms with van der Waals surface area (Å²) in [5, 5.41) is 0.750. The molecule has 1 aromatic carbocycles. The zero-order valence-corrected chi connectivity index (χ0v) is 19.0. The third-order valence-corrected chi connectivity index (χ3v) is 6.94. The maximum absolute atomic E-state index is 13.5. The summed E-state index contributed by atoms with van der Waals surface area (Å²) >= 11 is 1.38. The fourth-order valence-electron chi connectivity index (χ4n) is 4.14. The molecule has 0 N–H and O–H groups in total. The normalized spacial score (nSPS) is 16.2. The number of pyridine rings is 1. The minimum atomic E-state index is -0.266. The summed E-state index contributed by atoms with van der Waals surface area (Å²) in [6.07, 6.45) is 5.69. The van der Waals surface area contributed by atoms with E-state index in [-0.39, 0.29) is 17.6 Å². The average molecular weight is 463 g/mol. The van der Waals surface area contributed by atoms with Crippen LogP contribution in [0.5, 0.6) is 0 Å². The number of amides is 1. The maximum Gasteiger partial charge on any atom is 0.265 e. The van der Waals surface area contributed by atoms with E-state index < -0.39 is 0 Å². The first kappa shape index (κ1) is 21.5. The Kier molecular flexibility index (Phi) is 6.00. The number of likely N-dealkylation sites (tertiary alicyclic amines) is 1. The molecule has 5 rings (SSSR count). The lowest BCUT2D eigenvalue weighted by Gasteiger charge is -2.31. The zero-order chi connectivity index (χ0) is 22.8. The fraction of sp³-hybridized carbons (Fsp3) is 0.280. The van der Waals surface area contributed by atoms with Gasteiger partial charge < -0.3 is 9.32 Å². The van der Waals surface area contributed by atoms with Crippen LogP contribution in [-0.4, -0.2) is 38.8 Å². The molecule has 0 spiro atoms. The summed E-state index contributed by atoms with van der Waals surface area (Å²) < 4.78 is 19.5. The summed E-state index contributed by atoms with van der Waals surface area (Å²) in [6, 6.07) is 12.1. The van der Waals surface area contributed by atoms with Gasteiger partial charge in [-0.1, -0.05) is 18.2 Å². The first-order chi connectivity index (χ1) is 16.1. The van der Waals surface area contributed by atoms with Crippen molar-refractivity contribution in [3.8, 4) is 10.7 Å². The number of carbonyl (C=O) groups is 1. The summed E-state index contributed by atoms with van der Waals surface area (Å²) in [5.41, 5.74) is 2.33. The molecular weight excluding hydrogens is 439 g/mol. The number of rotatable bonds is 5. The second kappa shape index (κ2) is 9.23. The minimum Gasteiger partial charge on any atom is -0.445 e. The lowest BCUT2D eigenvalue weighted by Crippen LogP contribution is -2.39. The van der Waals surface area contributed by atoms with E-state index >= 15 is 0 Å². The lowest BCUT2D eigenvalue weighted by molar-refractivity contribution is 0.0702. The fourth-order valence-corrected chi connectivity index (χ4v) is 5.15. The topological polar surface area (TPSA) is 72.1 Å². The number of aryl methyl sites for hydroxylation is 1. The van der Waals surface area contributed by atoms with E-state index in [1.165, 1.54) is 23.5 Å². The molecule has 0 aliphatic carbocycles. The summed E-state index contributed by atoms with van der Waals surface area (Å²) in [5.74, 6) is 1.08. The molecule has 4 heterocycles. The van der Waals surface area contributed by atoms with Crippen molar-refractivity contribution in [3.63, 3.8) is 0 Å². The van der Waals surface area contributed by atoms with Crippen molar-refractivity contribution in [1.82, 2.24) is 19.9 Å². The molecule has 1 amide bonds. The number of carbonyl (C=O) groups excluding carboxylic acids is 1. The van der Waals surface area contributed by atoms with Crippen LogP contribution in [0.1, 0.15) is 51.3 Å². The van der Waals surface area contributed by atoms with Gasteiger partial charge in [-0.2, -0.15) is 0 Å². The molecule has 1 aliphatic rings. The van der Waals surface area contributed by atoms with Crippen molar-refractivity contribution >= 4 is 17.2 Å². The molecule has 4 aromatic rings. The Morgan fingerprint density at radius 3 is 2.97 bits per heavy atom. The third-order valence-electron chi connectivity index (χ3n) is 5.77. The van der Waals surface area contributed by atoms with E-state index in [9.17, 15) is 9.18 Å². The zero-order valence-electron chi connectivity index (χ0n) is 18.2. The van der Waals surface area contributed by atoms with Crippen LogP contribution in [0.3, 0.4) is 0 Å². The average Bonchev–Trinajstić information content (AvgIpc) is 3.46. The van der Waals surface area contributed by atoms with Gasteiger partial charge in [-0.3, -0.25) is 9.78 Å². The highest BCUT2D eigenvalue weighted by Gasteiger charge is 2.30. The molecule has 8 heteroatoms. The number of hydrogen-bond acceptors (Lipinski definition) is 6.